The minimum absolute atomic E-state index is 0.00916. The zero-order valence-corrected chi connectivity index (χ0v) is 16.8. The van der Waals surface area contributed by atoms with E-state index in [2.05, 4.69) is 15.2 Å². The van der Waals surface area contributed by atoms with Crippen LogP contribution in [0.5, 0.6) is 0 Å². The van der Waals surface area contributed by atoms with Crippen molar-refractivity contribution >= 4 is 35.1 Å². The second-order valence-corrected chi connectivity index (χ2v) is 6.92. The molecule has 1 saturated heterocycles. The van der Waals surface area contributed by atoms with Gasteiger partial charge in [0.2, 0.25) is 0 Å². The standard InChI is InChI=1S/C20H22ClFN4O3/c1-2-29-19(27)14-4-7-18(23-13-14)25-8-3-9-26(11-10-25)20(28)24-15-5-6-16(21)17(22)12-15/h4-7,12-13H,2-3,8-11H2,1H3,(H,24,28). The Morgan fingerprint density at radius 3 is 2.72 bits per heavy atom. The summed E-state index contributed by atoms with van der Waals surface area (Å²) >= 11 is 5.67. The topological polar surface area (TPSA) is 74.8 Å². The van der Waals surface area contributed by atoms with E-state index in [4.69, 9.17) is 16.3 Å². The first-order chi connectivity index (χ1) is 14.0. The quantitative estimate of drug-likeness (QED) is 0.761. The van der Waals surface area contributed by atoms with Crippen LogP contribution in [-0.2, 0) is 4.74 Å². The number of esters is 1. The molecule has 1 aliphatic heterocycles. The molecule has 0 saturated carbocycles. The van der Waals surface area contributed by atoms with Crippen molar-refractivity contribution in [3.8, 4) is 0 Å². The van der Waals surface area contributed by atoms with Crippen molar-refractivity contribution in [2.45, 2.75) is 13.3 Å². The van der Waals surface area contributed by atoms with Crippen LogP contribution in [0, 0.1) is 5.82 Å². The van der Waals surface area contributed by atoms with E-state index in [-0.39, 0.29) is 11.1 Å². The second-order valence-electron chi connectivity index (χ2n) is 6.51. The van der Waals surface area contributed by atoms with Gasteiger partial charge in [-0.05, 0) is 43.7 Å². The van der Waals surface area contributed by atoms with Crippen LogP contribution < -0.4 is 10.2 Å². The maximum absolute atomic E-state index is 13.6. The van der Waals surface area contributed by atoms with Crippen LogP contribution in [0.3, 0.4) is 0 Å². The number of carbonyl (C=O) groups is 2. The molecule has 9 heteroatoms. The number of urea groups is 1. The number of aromatic nitrogens is 1. The van der Waals surface area contributed by atoms with Gasteiger partial charge in [-0.15, -0.1) is 0 Å². The van der Waals surface area contributed by atoms with E-state index in [0.717, 1.165) is 18.8 Å². The molecule has 0 spiro atoms. The minimum atomic E-state index is -0.580. The van der Waals surface area contributed by atoms with Crippen LogP contribution in [-0.4, -0.2) is 54.7 Å². The lowest BCUT2D eigenvalue weighted by Gasteiger charge is -2.23. The van der Waals surface area contributed by atoms with Crippen molar-refractivity contribution in [1.29, 1.82) is 0 Å². The molecule has 0 atom stereocenters. The summed E-state index contributed by atoms with van der Waals surface area (Å²) in [5.74, 6) is -0.243. The Bertz CT molecular complexity index is 879. The molecule has 0 aliphatic carbocycles. The van der Waals surface area contributed by atoms with E-state index in [1.54, 1.807) is 30.0 Å². The van der Waals surface area contributed by atoms with E-state index in [0.29, 0.717) is 37.5 Å². The average molecular weight is 421 g/mol. The van der Waals surface area contributed by atoms with Crippen molar-refractivity contribution in [2.75, 3.05) is 43.0 Å². The summed E-state index contributed by atoms with van der Waals surface area (Å²) in [6.07, 6.45) is 2.25. The van der Waals surface area contributed by atoms with Gasteiger partial charge in [-0.3, -0.25) is 0 Å². The molecule has 7 nitrogen and oxygen atoms in total. The molecule has 0 unspecified atom stereocenters. The van der Waals surface area contributed by atoms with Crippen LogP contribution in [0.25, 0.3) is 0 Å². The molecule has 1 aromatic carbocycles. The molecule has 154 valence electrons. The molecule has 0 bridgehead atoms. The van der Waals surface area contributed by atoms with Gasteiger partial charge in [0.05, 0.1) is 17.2 Å². The van der Waals surface area contributed by atoms with Crippen molar-refractivity contribution in [1.82, 2.24) is 9.88 Å². The number of benzene rings is 1. The number of carbonyl (C=O) groups excluding carboxylic acids is 2. The summed E-state index contributed by atoms with van der Waals surface area (Å²) in [4.78, 5) is 32.3. The lowest BCUT2D eigenvalue weighted by atomic mass is 10.2. The SMILES string of the molecule is CCOC(=O)c1ccc(N2CCCN(C(=O)Nc3ccc(Cl)c(F)c3)CC2)nc1. The molecule has 2 aromatic rings. The first kappa shape index (κ1) is 20.9. The Morgan fingerprint density at radius 1 is 1.21 bits per heavy atom. The number of halogens is 2. The molecule has 3 rings (SSSR count). The third-order valence-electron chi connectivity index (χ3n) is 4.54. The van der Waals surface area contributed by atoms with Crippen LogP contribution in [0.4, 0.5) is 20.7 Å². The van der Waals surface area contributed by atoms with Crippen LogP contribution in [0.1, 0.15) is 23.7 Å². The normalized spacial score (nSPS) is 14.3. The number of rotatable bonds is 4. The third-order valence-corrected chi connectivity index (χ3v) is 4.84. The van der Waals surface area contributed by atoms with Gasteiger partial charge >= 0.3 is 12.0 Å². The number of hydrogen-bond acceptors (Lipinski definition) is 5. The zero-order valence-electron chi connectivity index (χ0n) is 16.0. The summed E-state index contributed by atoms with van der Waals surface area (Å²) in [7, 11) is 0. The fourth-order valence-electron chi connectivity index (χ4n) is 3.03. The van der Waals surface area contributed by atoms with E-state index in [9.17, 15) is 14.0 Å². The van der Waals surface area contributed by atoms with Gasteiger partial charge in [-0.2, -0.15) is 0 Å². The van der Waals surface area contributed by atoms with Crippen LogP contribution in [0.2, 0.25) is 5.02 Å². The Balaban J connectivity index is 1.58. The molecule has 29 heavy (non-hydrogen) atoms. The lowest BCUT2D eigenvalue weighted by Crippen LogP contribution is -2.38. The average Bonchev–Trinajstić information content (AvgIpc) is 2.97. The van der Waals surface area contributed by atoms with Crippen molar-refractivity contribution in [3.05, 3.63) is 52.9 Å². The van der Waals surface area contributed by atoms with E-state index in [1.165, 1.54) is 18.3 Å². The van der Waals surface area contributed by atoms with Crippen LogP contribution >= 0.6 is 11.6 Å². The summed E-state index contributed by atoms with van der Waals surface area (Å²) in [6, 6.07) is 7.33. The minimum Gasteiger partial charge on any atom is -0.462 e. The molecule has 1 aromatic heterocycles. The van der Waals surface area contributed by atoms with Gasteiger partial charge in [0.25, 0.3) is 0 Å². The maximum atomic E-state index is 13.6. The second kappa shape index (κ2) is 9.56. The summed E-state index contributed by atoms with van der Waals surface area (Å²) in [6.45, 7) is 4.44. The Morgan fingerprint density at radius 2 is 2.03 bits per heavy atom. The highest BCUT2D eigenvalue weighted by atomic mass is 35.5. The summed E-state index contributed by atoms with van der Waals surface area (Å²) in [5, 5.41) is 2.71. The fourth-order valence-corrected chi connectivity index (χ4v) is 3.15. The highest BCUT2D eigenvalue weighted by Gasteiger charge is 2.20. The molecule has 2 amide bonds. The number of ether oxygens (including phenoxy) is 1. The fraction of sp³-hybridized carbons (Fsp3) is 0.350. The largest absolute Gasteiger partial charge is 0.462 e. The smallest absolute Gasteiger partial charge is 0.339 e. The van der Waals surface area contributed by atoms with Crippen molar-refractivity contribution < 1.29 is 18.7 Å². The zero-order chi connectivity index (χ0) is 20.8. The highest BCUT2D eigenvalue weighted by molar-refractivity contribution is 6.30. The summed E-state index contributed by atoms with van der Waals surface area (Å²) in [5.41, 5.74) is 0.760. The Hall–Kier alpha value is -2.87. The molecular weight excluding hydrogens is 399 g/mol. The molecule has 0 radical (unpaired) electrons. The molecule has 1 fully saturated rings. The highest BCUT2D eigenvalue weighted by Crippen LogP contribution is 2.20. The number of nitrogens with zero attached hydrogens (tertiary/aromatic N) is 3. The molecule has 1 aliphatic rings. The molecule has 1 N–H and O–H groups in total. The number of amides is 2. The first-order valence-corrected chi connectivity index (χ1v) is 9.75. The van der Waals surface area contributed by atoms with Gasteiger partial charge in [0, 0.05) is 38.1 Å². The lowest BCUT2D eigenvalue weighted by molar-refractivity contribution is 0.0526. The van der Waals surface area contributed by atoms with Gasteiger partial charge in [0.1, 0.15) is 11.6 Å². The van der Waals surface area contributed by atoms with Gasteiger partial charge in [0.15, 0.2) is 0 Å². The van der Waals surface area contributed by atoms with Crippen molar-refractivity contribution in [2.24, 2.45) is 0 Å². The number of nitrogens with one attached hydrogen (secondary N) is 1. The maximum Gasteiger partial charge on any atom is 0.339 e. The summed E-state index contributed by atoms with van der Waals surface area (Å²) < 4.78 is 18.5. The monoisotopic (exact) mass is 420 g/mol. The van der Waals surface area contributed by atoms with Crippen LogP contribution in [0.15, 0.2) is 36.5 Å². The Kier molecular flexibility index (Phi) is 6.87. The molecular formula is C20H22ClFN4O3. The number of pyridine rings is 1. The van der Waals surface area contributed by atoms with E-state index < -0.39 is 11.8 Å². The van der Waals surface area contributed by atoms with E-state index in [1.807, 2.05) is 0 Å². The predicted molar refractivity (Wildman–Crippen MR) is 109 cm³/mol. The van der Waals surface area contributed by atoms with Gasteiger partial charge in [-0.1, -0.05) is 11.6 Å². The number of anilines is 2. The third kappa shape index (κ3) is 5.35. The predicted octanol–water partition coefficient (Wildman–Crippen LogP) is 3.80. The van der Waals surface area contributed by atoms with Crippen molar-refractivity contribution in [3.63, 3.8) is 0 Å². The van der Waals surface area contributed by atoms with Gasteiger partial charge < -0.3 is 19.9 Å². The number of hydrogen-bond donors (Lipinski definition) is 1. The van der Waals surface area contributed by atoms with E-state index >= 15 is 0 Å². The molecule has 2 heterocycles. The first-order valence-electron chi connectivity index (χ1n) is 9.37. The Labute approximate surface area is 173 Å². The van der Waals surface area contributed by atoms with Gasteiger partial charge in [-0.25, -0.2) is 19.0 Å².